The molecular weight excluding hydrogens is 154 g/mol. The Morgan fingerprint density at radius 1 is 1.73 bits per heavy atom. The van der Waals surface area contributed by atoms with E-state index in [1.807, 2.05) is 0 Å². The third-order valence-electron chi connectivity index (χ3n) is 1.26. The van der Waals surface area contributed by atoms with E-state index < -0.39 is 24.5 Å². The highest BCUT2D eigenvalue weighted by atomic mass is 16.4. The summed E-state index contributed by atoms with van der Waals surface area (Å²) >= 11 is 0. The van der Waals surface area contributed by atoms with Gasteiger partial charge in [0.25, 0.3) is 0 Å². The second kappa shape index (κ2) is 3.74. The minimum absolute atomic E-state index is 0.0551. The zero-order chi connectivity index (χ0) is 9.78. The second-order valence-corrected chi connectivity index (χ2v) is 2.10. The molecule has 3 atom stereocenters. The van der Waals surface area contributed by atoms with Crippen LogP contribution in [0.4, 0.5) is 0 Å². The number of carbonyl (C=O) groups excluding carboxylic acids is 1. The maximum absolute atomic E-state index is 10.0. The summed E-state index contributed by atoms with van der Waals surface area (Å²) in [5.74, 6) is 0. The van der Waals surface area contributed by atoms with Crippen molar-refractivity contribution < 1.29 is 26.6 Å². The van der Waals surface area contributed by atoms with Gasteiger partial charge in [-0.3, -0.25) is 5.73 Å². The molecule has 6 heteroatoms. The summed E-state index contributed by atoms with van der Waals surface area (Å²) in [6, 6.07) is 0. The van der Waals surface area contributed by atoms with Crippen LogP contribution in [-0.2, 0) is 4.79 Å². The number of aliphatic hydroxyl groups excluding tert-OH is 3. The van der Waals surface area contributed by atoms with Crippen molar-refractivity contribution in [2.24, 2.45) is 5.73 Å². The van der Waals surface area contributed by atoms with Gasteiger partial charge in [-0.05, 0) is 0 Å². The average molecular weight is 166 g/mol. The minimum atomic E-state index is -2.53. The van der Waals surface area contributed by atoms with Gasteiger partial charge in [-0.1, -0.05) is 0 Å². The maximum Gasteiger partial charge on any atom is 0.175 e. The van der Waals surface area contributed by atoms with Crippen molar-refractivity contribution in [1.82, 2.24) is 0 Å². The Morgan fingerprint density at radius 2 is 2.27 bits per heavy atom. The van der Waals surface area contributed by atoms with Crippen LogP contribution >= 0.6 is 0 Å². The van der Waals surface area contributed by atoms with E-state index in [1.54, 1.807) is 0 Å². The molecule has 0 amide bonds. The van der Waals surface area contributed by atoms with Crippen molar-refractivity contribution in [1.29, 1.82) is 0 Å². The Labute approximate surface area is 64.3 Å². The molecule has 0 rings (SSSR count). The van der Waals surface area contributed by atoms with Crippen LogP contribution in [0.3, 0.4) is 0 Å². The largest absolute Gasteiger partial charge is 0.394 e. The Hall–Kier alpha value is -0.530. The Balaban J connectivity index is 4.53. The van der Waals surface area contributed by atoms with Gasteiger partial charge in [-0.15, -0.1) is 0 Å². The van der Waals surface area contributed by atoms with Crippen LogP contribution in [0.25, 0.3) is 0 Å². The van der Waals surface area contributed by atoms with Crippen molar-refractivity contribution in [2.45, 2.75) is 17.9 Å². The molecule has 66 valence electrons. The zero-order valence-electron chi connectivity index (χ0n) is 6.64. The first-order valence-electron chi connectivity index (χ1n) is 3.36. The van der Waals surface area contributed by atoms with Crippen LogP contribution in [0.15, 0.2) is 0 Å². The molecule has 0 aliphatic rings. The summed E-state index contributed by atoms with van der Waals surface area (Å²) in [4.78, 5) is 10.0. The predicted octanol–water partition coefficient (Wildman–Crippen LogP) is -3.45. The molecule has 0 spiro atoms. The molecule has 0 aromatic heterocycles. The third-order valence-corrected chi connectivity index (χ3v) is 1.26. The molecule has 0 aromatic rings. The van der Waals surface area contributed by atoms with E-state index in [4.69, 9.17) is 21.8 Å². The predicted molar refractivity (Wildman–Crippen MR) is 34.3 cm³/mol. The molecule has 0 bridgehead atoms. The standard InChI is InChI=1S/C5H11NO5/c6-5(11,3(9)1-7)4(10)2-8/h1,3-4,8-11H,2,6H2/t3-,4+,5-/m0/s1/i/hD. The molecular formula is C5H11NO5. The van der Waals surface area contributed by atoms with Gasteiger partial charge >= 0.3 is 0 Å². The van der Waals surface area contributed by atoms with E-state index in [0.29, 0.717) is 0 Å². The van der Waals surface area contributed by atoms with E-state index in [9.17, 15) is 4.79 Å². The molecule has 0 fully saturated rings. The smallest absolute Gasteiger partial charge is 0.175 e. The molecule has 0 saturated carbocycles. The van der Waals surface area contributed by atoms with E-state index in [0.717, 1.165) is 0 Å². The lowest BCUT2D eigenvalue weighted by molar-refractivity contribution is -0.160. The first-order chi connectivity index (χ1) is 5.52. The molecule has 0 saturated heterocycles. The SMILES string of the molecule is [2H]N[C@@](O)([C@H](O)CO)[C@@H](O)C=O. The lowest BCUT2D eigenvalue weighted by atomic mass is 10.0. The van der Waals surface area contributed by atoms with Crippen LogP contribution in [0.5, 0.6) is 0 Å². The van der Waals surface area contributed by atoms with Crippen molar-refractivity contribution >= 4 is 6.29 Å². The molecule has 0 heterocycles. The Kier molecular flexibility index (Phi) is 2.92. The monoisotopic (exact) mass is 166 g/mol. The highest BCUT2D eigenvalue weighted by molar-refractivity contribution is 5.57. The fourth-order valence-electron chi connectivity index (χ4n) is 0.440. The summed E-state index contributed by atoms with van der Waals surface area (Å²) in [6.07, 6.45) is -3.84. The number of aldehydes is 1. The van der Waals surface area contributed by atoms with Gasteiger partial charge in [0.15, 0.2) is 18.1 Å². The van der Waals surface area contributed by atoms with Gasteiger partial charge in [0.1, 0.15) is 7.52 Å². The minimum Gasteiger partial charge on any atom is -0.394 e. The lowest BCUT2D eigenvalue weighted by Gasteiger charge is -2.28. The van der Waals surface area contributed by atoms with E-state index in [2.05, 4.69) is 0 Å². The van der Waals surface area contributed by atoms with E-state index in [-0.39, 0.29) is 6.29 Å². The van der Waals surface area contributed by atoms with Crippen molar-refractivity contribution in [3.8, 4) is 0 Å². The van der Waals surface area contributed by atoms with Gasteiger partial charge < -0.3 is 25.2 Å². The number of hydrogen-bond donors (Lipinski definition) is 5. The highest BCUT2D eigenvalue weighted by Crippen LogP contribution is 2.06. The summed E-state index contributed by atoms with van der Waals surface area (Å²) in [6.45, 7) is -0.882. The molecule has 0 aliphatic carbocycles. The number of nitrogens with two attached hydrogens (primary N) is 1. The van der Waals surface area contributed by atoms with Gasteiger partial charge in [-0.25, -0.2) is 0 Å². The van der Waals surface area contributed by atoms with Crippen LogP contribution in [-0.4, -0.2) is 51.3 Å². The van der Waals surface area contributed by atoms with Gasteiger partial charge in [0.2, 0.25) is 0 Å². The highest BCUT2D eigenvalue weighted by Gasteiger charge is 2.38. The zero-order valence-corrected chi connectivity index (χ0v) is 5.64. The van der Waals surface area contributed by atoms with Crippen molar-refractivity contribution in [2.75, 3.05) is 6.61 Å². The van der Waals surface area contributed by atoms with Gasteiger partial charge in [0, 0.05) is 0 Å². The fourth-order valence-corrected chi connectivity index (χ4v) is 0.440. The van der Waals surface area contributed by atoms with Crippen LogP contribution in [0.1, 0.15) is 0 Å². The van der Waals surface area contributed by atoms with Gasteiger partial charge in [0.05, 0.1) is 6.61 Å². The Morgan fingerprint density at radius 3 is 2.55 bits per heavy atom. The topological polar surface area (TPSA) is 124 Å². The molecule has 11 heavy (non-hydrogen) atoms. The lowest BCUT2D eigenvalue weighted by Crippen LogP contribution is -2.61. The fraction of sp³-hybridized carbons (Fsp3) is 0.800. The molecule has 6 nitrogen and oxygen atoms in total. The van der Waals surface area contributed by atoms with E-state index >= 15 is 0 Å². The summed E-state index contributed by atoms with van der Waals surface area (Å²) in [7, 11) is 0. The number of aliphatic hydroxyl groups is 4. The van der Waals surface area contributed by atoms with E-state index in [1.165, 1.54) is 5.73 Å². The number of hydrogen-bond acceptors (Lipinski definition) is 6. The molecule has 0 radical (unpaired) electrons. The second-order valence-electron chi connectivity index (χ2n) is 2.10. The number of carbonyl (C=O) groups is 1. The summed E-state index contributed by atoms with van der Waals surface area (Å²) in [5, 5.41) is 35.2. The molecule has 0 unspecified atom stereocenters. The first-order valence-corrected chi connectivity index (χ1v) is 2.86. The molecule has 0 aromatic carbocycles. The Bertz CT molecular complexity index is 157. The van der Waals surface area contributed by atoms with Crippen LogP contribution in [0, 0.1) is 0 Å². The van der Waals surface area contributed by atoms with Crippen molar-refractivity contribution in [3.63, 3.8) is 0 Å². The average Bonchev–Trinajstić information content (AvgIpc) is 2.13. The van der Waals surface area contributed by atoms with Crippen LogP contribution < -0.4 is 5.73 Å². The first kappa shape index (κ1) is 8.57. The van der Waals surface area contributed by atoms with Crippen molar-refractivity contribution in [3.05, 3.63) is 0 Å². The summed E-state index contributed by atoms with van der Waals surface area (Å²) in [5.41, 5.74) is -1.14. The van der Waals surface area contributed by atoms with Crippen LogP contribution in [0.2, 0.25) is 1.41 Å². The normalized spacial score (nSPS) is 23.1. The quantitative estimate of drug-likeness (QED) is 0.214. The molecule has 0 aliphatic heterocycles. The van der Waals surface area contributed by atoms with Gasteiger partial charge in [-0.2, -0.15) is 0 Å². The number of rotatable bonds is 5. The molecule has 6 N–H and O–H groups in total. The maximum atomic E-state index is 10.0. The third kappa shape index (κ3) is 2.21. The summed E-state index contributed by atoms with van der Waals surface area (Å²) < 4.78 is 6.53.